The first-order chi connectivity index (χ1) is 7.70. The molecular formula is C12H26N2OS. The van der Waals surface area contributed by atoms with E-state index in [1.165, 1.54) is 12.2 Å². The van der Waals surface area contributed by atoms with Gasteiger partial charge in [-0.1, -0.05) is 13.3 Å². The Bertz CT molecular complexity index is 176. The molecule has 16 heavy (non-hydrogen) atoms. The van der Waals surface area contributed by atoms with Crippen LogP contribution >= 0.6 is 11.8 Å². The normalized spacial score (nSPS) is 12.4. The SMILES string of the molecule is CCCC(C)NC(=O)CNCCCCSC. The van der Waals surface area contributed by atoms with Crippen LogP contribution in [-0.2, 0) is 4.79 Å². The van der Waals surface area contributed by atoms with Gasteiger partial charge in [-0.15, -0.1) is 0 Å². The van der Waals surface area contributed by atoms with Gasteiger partial charge in [0.15, 0.2) is 0 Å². The molecule has 0 aliphatic carbocycles. The molecule has 2 N–H and O–H groups in total. The van der Waals surface area contributed by atoms with Crippen molar-refractivity contribution in [2.24, 2.45) is 0 Å². The van der Waals surface area contributed by atoms with Crippen molar-refractivity contribution in [1.82, 2.24) is 10.6 Å². The van der Waals surface area contributed by atoms with Gasteiger partial charge in [-0.25, -0.2) is 0 Å². The maximum absolute atomic E-state index is 11.4. The highest BCUT2D eigenvalue weighted by atomic mass is 32.2. The third-order valence-corrected chi connectivity index (χ3v) is 3.06. The van der Waals surface area contributed by atoms with E-state index >= 15 is 0 Å². The zero-order chi connectivity index (χ0) is 12.2. The lowest BCUT2D eigenvalue weighted by atomic mass is 10.2. The fraction of sp³-hybridized carbons (Fsp3) is 0.917. The highest BCUT2D eigenvalue weighted by Crippen LogP contribution is 1.97. The van der Waals surface area contributed by atoms with Crippen LogP contribution in [0, 0.1) is 0 Å². The van der Waals surface area contributed by atoms with E-state index in [9.17, 15) is 4.79 Å². The van der Waals surface area contributed by atoms with Crippen LogP contribution < -0.4 is 10.6 Å². The van der Waals surface area contributed by atoms with Crippen LogP contribution in [0.25, 0.3) is 0 Å². The smallest absolute Gasteiger partial charge is 0.234 e. The van der Waals surface area contributed by atoms with Crippen LogP contribution in [0.1, 0.15) is 39.5 Å². The van der Waals surface area contributed by atoms with Crippen molar-refractivity contribution in [1.29, 1.82) is 0 Å². The van der Waals surface area contributed by atoms with Crippen molar-refractivity contribution in [3.63, 3.8) is 0 Å². The molecule has 4 heteroatoms. The van der Waals surface area contributed by atoms with Gasteiger partial charge >= 0.3 is 0 Å². The Morgan fingerprint density at radius 1 is 1.38 bits per heavy atom. The predicted molar refractivity (Wildman–Crippen MR) is 73.0 cm³/mol. The van der Waals surface area contributed by atoms with Gasteiger partial charge in [0, 0.05) is 6.04 Å². The summed E-state index contributed by atoms with van der Waals surface area (Å²) in [7, 11) is 0. The molecule has 0 bridgehead atoms. The summed E-state index contributed by atoms with van der Waals surface area (Å²) in [5.41, 5.74) is 0. The van der Waals surface area contributed by atoms with Gasteiger partial charge in [0.1, 0.15) is 0 Å². The maximum atomic E-state index is 11.4. The zero-order valence-electron chi connectivity index (χ0n) is 10.8. The van der Waals surface area contributed by atoms with E-state index in [2.05, 4.69) is 30.7 Å². The third-order valence-electron chi connectivity index (χ3n) is 2.37. The molecular weight excluding hydrogens is 220 g/mol. The summed E-state index contributed by atoms with van der Waals surface area (Å²) in [5, 5.41) is 6.15. The van der Waals surface area contributed by atoms with Gasteiger partial charge in [-0.05, 0) is 44.7 Å². The summed E-state index contributed by atoms with van der Waals surface area (Å²) >= 11 is 1.87. The molecule has 0 saturated heterocycles. The number of amides is 1. The molecule has 0 spiro atoms. The molecule has 0 aliphatic rings. The maximum Gasteiger partial charge on any atom is 0.234 e. The fourth-order valence-corrected chi connectivity index (χ4v) is 2.02. The number of nitrogens with one attached hydrogen (secondary N) is 2. The standard InChI is InChI=1S/C12H26N2OS/c1-4-7-11(2)14-12(15)10-13-8-5-6-9-16-3/h11,13H,4-10H2,1-3H3,(H,14,15). The summed E-state index contributed by atoms with van der Waals surface area (Å²) in [4.78, 5) is 11.4. The predicted octanol–water partition coefficient (Wildman–Crippen LogP) is 2.02. The lowest BCUT2D eigenvalue weighted by molar-refractivity contribution is -0.120. The van der Waals surface area contributed by atoms with Crippen LogP contribution in [0.4, 0.5) is 0 Å². The molecule has 0 heterocycles. The molecule has 96 valence electrons. The van der Waals surface area contributed by atoms with Crippen molar-refractivity contribution in [2.45, 2.75) is 45.6 Å². The van der Waals surface area contributed by atoms with Crippen LogP contribution in [0.3, 0.4) is 0 Å². The van der Waals surface area contributed by atoms with Crippen molar-refractivity contribution < 1.29 is 4.79 Å². The summed E-state index contributed by atoms with van der Waals surface area (Å²) < 4.78 is 0. The van der Waals surface area contributed by atoms with Crippen molar-refractivity contribution in [3.05, 3.63) is 0 Å². The van der Waals surface area contributed by atoms with E-state index in [0.717, 1.165) is 25.8 Å². The zero-order valence-corrected chi connectivity index (χ0v) is 11.7. The minimum absolute atomic E-state index is 0.116. The average molecular weight is 246 g/mol. The Hall–Kier alpha value is -0.220. The average Bonchev–Trinajstić information content (AvgIpc) is 2.23. The summed E-state index contributed by atoms with van der Waals surface area (Å²) in [5.74, 6) is 1.33. The van der Waals surface area contributed by atoms with Gasteiger partial charge in [0.05, 0.1) is 6.54 Å². The number of unbranched alkanes of at least 4 members (excludes halogenated alkanes) is 1. The summed E-state index contributed by atoms with van der Waals surface area (Å²) in [6, 6.07) is 0.302. The molecule has 0 rings (SSSR count). The molecule has 0 fully saturated rings. The van der Waals surface area contributed by atoms with Crippen LogP contribution in [-0.4, -0.2) is 37.0 Å². The molecule has 0 aromatic heterocycles. The Morgan fingerprint density at radius 3 is 2.75 bits per heavy atom. The van der Waals surface area contributed by atoms with Gasteiger partial charge in [-0.2, -0.15) is 11.8 Å². The first-order valence-electron chi connectivity index (χ1n) is 6.19. The van der Waals surface area contributed by atoms with Gasteiger partial charge < -0.3 is 10.6 Å². The number of rotatable bonds is 10. The minimum atomic E-state index is 0.116. The Morgan fingerprint density at radius 2 is 2.12 bits per heavy atom. The van der Waals surface area contributed by atoms with Crippen LogP contribution in [0.5, 0.6) is 0 Å². The fourth-order valence-electron chi connectivity index (χ4n) is 1.53. The summed E-state index contributed by atoms with van der Waals surface area (Å²) in [6.07, 6.45) is 6.67. The highest BCUT2D eigenvalue weighted by Gasteiger charge is 2.04. The second kappa shape index (κ2) is 11.3. The van der Waals surface area contributed by atoms with E-state index in [-0.39, 0.29) is 5.91 Å². The van der Waals surface area contributed by atoms with Gasteiger partial charge in [0.25, 0.3) is 0 Å². The quantitative estimate of drug-likeness (QED) is 0.580. The van der Waals surface area contributed by atoms with Crippen molar-refractivity contribution >= 4 is 17.7 Å². The molecule has 1 unspecified atom stereocenters. The van der Waals surface area contributed by atoms with Gasteiger partial charge in [-0.3, -0.25) is 4.79 Å². The molecule has 1 atom stereocenters. The number of carbonyl (C=O) groups is 1. The molecule has 0 aliphatic heterocycles. The monoisotopic (exact) mass is 246 g/mol. The second-order valence-electron chi connectivity index (χ2n) is 4.13. The van der Waals surface area contributed by atoms with E-state index < -0.39 is 0 Å². The molecule has 3 nitrogen and oxygen atoms in total. The largest absolute Gasteiger partial charge is 0.353 e. The van der Waals surface area contributed by atoms with E-state index in [4.69, 9.17) is 0 Å². The Labute approximate surface area is 104 Å². The molecule has 0 saturated carbocycles. The van der Waals surface area contributed by atoms with Gasteiger partial charge in [0.2, 0.25) is 5.91 Å². The second-order valence-corrected chi connectivity index (χ2v) is 5.12. The first-order valence-corrected chi connectivity index (χ1v) is 7.59. The van der Waals surface area contributed by atoms with Crippen molar-refractivity contribution in [2.75, 3.05) is 25.1 Å². The number of hydrogen-bond donors (Lipinski definition) is 2. The van der Waals surface area contributed by atoms with E-state index in [0.29, 0.717) is 12.6 Å². The molecule has 0 aromatic carbocycles. The topological polar surface area (TPSA) is 41.1 Å². The highest BCUT2D eigenvalue weighted by molar-refractivity contribution is 7.98. The number of carbonyl (C=O) groups excluding carboxylic acids is 1. The van der Waals surface area contributed by atoms with Crippen molar-refractivity contribution in [3.8, 4) is 0 Å². The number of hydrogen-bond acceptors (Lipinski definition) is 3. The summed E-state index contributed by atoms with van der Waals surface area (Å²) in [6.45, 7) is 5.58. The number of thioether (sulfide) groups is 1. The molecule has 0 aromatic rings. The molecule has 0 radical (unpaired) electrons. The third kappa shape index (κ3) is 10.3. The van der Waals surface area contributed by atoms with Crippen LogP contribution in [0.2, 0.25) is 0 Å². The lowest BCUT2D eigenvalue weighted by Gasteiger charge is -2.12. The minimum Gasteiger partial charge on any atom is -0.353 e. The first kappa shape index (κ1) is 15.8. The Balaban J connectivity index is 3.30. The Kier molecular flexibility index (Phi) is 11.1. The lowest BCUT2D eigenvalue weighted by Crippen LogP contribution is -2.39. The van der Waals surface area contributed by atoms with Crippen LogP contribution in [0.15, 0.2) is 0 Å². The van der Waals surface area contributed by atoms with E-state index in [1.54, 1.807) is 0 Å². The molecule has 1 amide bonds. The van der Waals surface area contributed by atoms with E-state index in [1.807, 2.05) is 11.8 Å².